The molecule has 1 aliphatic carbocycles. The number of benzene rings is 1. The van der Waals surface area contributed by atoms with Gasteiger partial charge in [-0.3, -0.25) is 0 Å². The summed E-state index contributed by atoms with van der Waals surface area (Å²) in [5.41, 5.74) is 7.07. The molecule has 20 heavy (non-hydrogen) atoms. The van der Waals surface area contributed by atoms with Crippen molar-refractivity contribution in [1.82, 2.24) is 0 Å². The van der Waals surface area contributed by atoms with Crippen LogP contribution in [0.2, 0.25) is 0 Å². The largest absolute Gasteiger partial charge is 0.399 e. The maximum absolute atomic E-state index is 11.5. The fraction of sp³-hybridized carbons (Fsp3) is 0.571. The van der Waals surface area contributed by atoms with Crippen LogP contribution in [0.25, 0.3) is 0 Å². The lowest BCUT2D eigenvalue weighted by Crippen LogP contribution is -2.38. The van der Waals surface area contributed by atoms with Gasteiger partial charge in [-0.25, -0.2) is 13.6 Å². The molecule has 0 aromatic heterocycles. The van der Waals surface area contributed by atoms with Crippen molar-refractivity contribution in [1.29, 1.82) is 0 Å². The van der Waals surface area contributed by atoms with Gasteiger partial charge in [0, 0.05) is 17.4 Å². The molecule has 1 aromatic carbocycles. The molecular formula is C14H23N3O2S. The highest BCUT2D eigenvalue weighted by molar-refractivity contribution is 7.89. The molecule has 0 bridgehead atoms. The Bertz CT molecular complexity index is 596. The van der Waals surface area contributed by atoms with Crippen molar-refractivity contribution in [3.05, 3.63) is 18.2 Å². The van der Waals surface area contributed by atoms with E-state index < -0.39 is 10.0 Å². The molecule has 0 aliphatic heterocycles. The third kappa shape index (κ3) is 3.43. The van der Waals surface area contributed by atoms with Crippen molar-refractivity contribution >= 4 is 21.4 Å². The Kier molecular flexibility index (Phi) is 3.97. The summed E-state index contributed by atoms with van der Waals surface area (Å²) in [6, 6.07) is 4.99. The number of nitrogen functional groups attached to an aromatic ring is 1. The van der Waals surface area contributed by atoms with Crippen LogP contribution in [-0.4, -0.2) is 14.5 Å². The van der Waals surface area contributed by atoms with Crippen LogP contribution in [0.5, 0.6) is 0 Å². The van der Waals surface area contributed by atoms with Gasteiger partial charge in [0.1, 0.15) is 0 Å². The number of hydrogen-bond donors (Lipinski definition) is 3. The van der Waals surface area contributed by atoms with E-state index in [1.165, 1.54) is 18.9 Å². The van der Waals surface area contributed by atoms with E-state index in [9.17, 15) is 8.42 Å². The normalized spacial score (nSPS) is 22.4. The van der Waals surface area contributed by atoms with Gasteiger partial charge in [0.2, 0.25) is 10.0 Å². The van der Waals surface area contributed by atoms with Crippen LogP contribution in [0.15, 0.2) is 23.1 Å². The molecule has 0 spiro atoms. The Morgan fingerprint density at radius 1 is 1.25 bits per heavy atom. The lowest BCUT2D eigenvalue weighted by atomic mass is 9.73. The molecule has 112 valence electrons. The highest BCUT2D eigenvalue weighted by atomic mass is 32.2. The number of nitrogens with one attached hydrogen (secondary N) is 1. The standard InChI is InChI=1S/C14H23N3O2S/c1-14(2)6-4-3-5-13(14)17-11-7-10(15)8-12(9-11)20(16,18)19/h7-9,13,17H,3-6,15H2,1-2H3,(H2,16,18,19). The zero-order valence-electron chi connectivity index (χ0n) is 12.0. The zero-order chi connectivity index (χ0) is 15.0. The molecule has 0 heterocycles. The minimum Gasteiger partial charge on any atom is -0.399 e. The summed E-state index contributed by atoms with van der Waals surface area (Å²) in [6.45, 7) is 4.47. The zero-order valence-corrected chi connectivity index (χ0v) is 12.8. The minimum atomic E-state index is -3.74. The van der Waals surface area contributed by atoms with Gasteiger partial charge in [-0.2, -0.15) is 0 Å². The second kappa shape index (κ2) is 5.26. The monoisotopic (exact) mass is 297 g/mol. The van der Waals surface area contributed by atoms with Crippen LogP contribution >= 0.6 is 0 Å². The smallest absolute Gasteiger partial charge is 0.238 e. The van der Waals surface area contributed by atoms with Gasteiger partial charge in [0.25, 0.3) is 0 Å². The quantitative estimate of drug-likeness (QED) is 0.745. The minimum absolute atomic E-state index is 0.0496. The molecule has 1 fully saturated rings. The first-order valence-corrected chi connectivity index (χ1v) is 8.43. The first-order chi connectivity index (χ1) is 9.18. The molecule has 0 amide bonds. The van der Waals surface area contributed by atoms with E-state index in [-0.39, 0.29) is 10.3 Å². The van der Waals surface area contributed by atoms with Gasteiger partial charge in [0.15, 0.2) is 0 Å². The molecule has 5 nitrogen and oxygen atoms in total. The van der Waals surface area contributed by atoms with Gasteiger partial charge in [-0.1, -0.05) is 26.7 Å². The molecule has 1 aliphatic rings. The van der Waals surface area contributed by atoms with Crippen molar-refractivity contribution in [2.45, 2.75) is 50.5 Å². The predicted octanol–water partition coefficient (Wildman–Crippen LogP) is 2.30. The van der Waals surface area contributed by atoms with E-state index in [0.29, 0.717) is 17.4 Å². The van der Waals surface area contributed by atoms with Crippen LogP contribution in [-0.2, 0) is 10.0 Å². The summed E-state index contributed by atoms with van der Waals surface area (Å²) in [7, 11) is -3.74. The molecule has 1 unspecified atom stereocenters. The highest BCUT2D eigenvalue weighted by Crippen LogP contribution is 2.37. The highest BCUT2D eigenvalue weighted by Gasteiger charge is 2.32. The number of primary sulfonamides is 1. The van der Waals surface area contributed by atoms with Crippen molar-refractivity contribution in [2.75, 3.05) is 11.1 Å². The molecule has 0 radical (unpaired) electrons. The maximum Gasteiger partial charge on any atom is 0.238 e. The number of hydrogen-bond acceptors (Lipinski definition) is 4. The topological polar surface area (TPSA) is 98.2 Å². The third-order valence-corrected chi connectivity index (χ3v) is 5.00. The fourth-order valence-corrected chi connectivity index (χ4v) is 3.42. The maximum atomic E-state index is 11.5. The van der Waals surface area contributed by atoms with Gasteiger partial charge in [-0.05, 0) is 36.5 Å². The lowest BCUT2D eigenvalue weighted by molar-refractivity contribution is 0.217. The van der Waals surface area contributed by atoms with Crippen LogP contribution in [0.4, 0.5) is 11.4 Å². The van der Waals surface area contributed by atoms with Gasteiger partial charge < -0.3 is 11.1 Å². The summed E-state index contributed by atoms with van der Waals surface area (Å²) in [6.07, 6.45) is 4.66. The second-order valence-corrected chi connectivity index (χ2v) is 7.83. The van der Waals surface area contributed by atoms with E-state index in [1.54, 1.807) is 12.1 Å². The van der Waals surface area contributed by atoms with Crippen LogP contribution < -0.4 is 16.2 Å². The molecule has 1 aromatic rings. The van der Waals surface area contributed by atoms with Gasteiger partial charge >= 0.3 is 0 Å². The van der Waals surface area contributed by atoms with Crippen LogP contribution in [0.3, 0.4) is 0 Å². The Morgan fingerprint density at radius 2 is 1.95 bits per heavy atom. The summed E-state index contributed by atoms with van der Waals surface area (Å²) in [5.74, 6) is 0. The first-order valence-electron chi connectivity index (χ1n) is 6.88. The summed E-state index contributed by atoms with van der Waals surface area (Å²) in [5, 5.41) is 8.59. The predicted molar refractivity (Wildman–Crippen MR) is 81.9 cm³/mol. The average molecular weight is 297 g/mol. The molecule has 1 saturated carbocycles. The SMILES string of the molecule is CC1(C)CCCCC1Nc1cc(N)cc(S(N)(=O)=O)c1. The van der Waals surface area contributed by atoms with E-state index >= 15 is 0 Å². The Balaban J connectivity index is 2.27. The lowest BCUT2D eigenvalue weighted by Gasteiger charge is -2.39. The van der Waals surface area contributed by atoms with Crippen LogP contribution in [0, 0.1) is 5.41 Å². The van der Waals surface area contributed by atoms with E-state index in [4.69, 9.17) is 10.9 Å². The molecule has 1 atom stereocenters. The summed E-state index contributed by atoms with van der Waals surface area (Å²) >= 11 is 0. The third-order valence-electron chi connectivity index (χ3n) is 4.11. The number of sulfonamides is 1. The summed E-state index contributed by atoms with van der Waals surface area (Å²) in [4.78, 5) is 0.0496. The van der Waals surface area contributed by atoms with Crippen LogP contribution in [0.1, 0.15) is 39.5 Å². The van der Waals surface area contributed by atoms with E-state index in [1.807, 2.05) is 0 Å². The second-order valence-electron chi connectivity index (χ2n) is 6.27. The summed E-state index contributed by atoms with van der Waals surface area (Å²) < 4.78 is 22.9. The van der Waals surface area contributed by atoms with Crippen molar-refractivity contribution in [3.63, 3.8) is 0 Å². The number of nitrogens with two attached hydrogens (primary N) is 2. The Hall–Kier alpha value is -1.27. The van der Waals surface area contributed by atoms with Crippen molar-refractivity contribution in [2.24, 2.45) is 10.6 Å². The molecule has 5 N–H and O–H groups in total. The molecule has 6 heteroatoms. The van der Waals surface area contributed by atoms with Crippen molar-refractivity contribution < 1.29 is 8.42 Å². The molecular weight excluding hydrogens is 274 g/mol. The van der Waals surface area contributed by atoms with Crippen molar-refractivity contribution in [3.8, 4) is 0 Å². The average Bonchev–Trinajstić information content (AvgIpc) is 2.30. The van der Waals surface area contributed by atoms with E-state index in [2.05, 4.69) is 19.2 Å². The van der Waals surface area contributed by atoms with E-state index in [0.717, 1.165) is 12.8 Å². The van der Waals surface area contributed by atoms with Gasteiger partial charge in [0.05, 0.1) is 4.90 Å². The Morgan fingerprint density at radius 3 is 2.55 bits per heavy atom. The Labute approximate surface area is 120 Å². The number of anilines is 2. The first kappa shape index (κ1) is 15.1. The fourth-order valence-electron chi connectivity index (χ4n) is 2.83. The molecule has 2 rings (SSSR count). The van der Waals surface area contributed by atoms with Gasteiger partial charge in [-0.15, -0.1) is 0 Å². The number of rotatable bonds is 3. The molecule has 0 saturated heterocycles.